The minimum atomic E-state index is -1.70. The second kappa shape index (κ2) is 16.4. The average Bonchev–Trinajstić information content (AvgIpc) is 2.64. The Labute approximate surface area is 183 Å². The highest BCUT2D eigenvalue weighted by Gasteiger charge is 2.38. The third-order valence-electron chi connectivity index (χ3n) is 6.53. The van der Waals surface area contributed by atoms with E-state index in [4.69, 9.17) is 9.16 Å². The predicted molar refractivity (Wildman–Crippen MR) is 129 cm³/mol. The molecule has 3 nitrogen and oxygen atoms in total. The van der Waals surface area contributed by atoms with Crippen LogP contribution in [-0.2, 0) is 14.0 Å². The highest BCUT2D eigenvalue weighted by Crippen LogP contribution is 2.38. The van der Waals surface area contributed by atoms with Crippen molar-refractivity contribution in [2.75, 3.05) is 7.11 Å². The number of unbranched alkanes of at least 4 members (excludes halogenated alkanes) is 10. The molecule has 0 aromatic rings. The number of rotatable bonds is 18. The van der Waals surface area contributed by atoms with Crippen LogP contribution in [0.3, 0.4) is 0 Å². The van der Waals surface area contributed by atoms with Crippen LogP contribution < -0.4 is 0 Å². The highest BCUT2D eigenvalue weighted by molar-refractivity contribution is 6.74. The van der Waals surface area contributed by atoms with Crippen LogP contribution in [0.1, 0.15) is 124 Å². The van der Waals surface area contributed by atoms with Gasteiger partial charge in [0.1, 0.15) is 0 Å². The Morgan fingerprint density at radius 2 is 1.24 bits per heavy atom. The largest absolute Gasteiger partial charge is 0.469 e. The van der Waals surface area contributed by atoms with Crippen molar-refractivity contribution >= 4 is 14.3 Å². The number of ether oxygens (including phenoxy) is 1. The van der Waals surface area contributed by atoms with Crippen LogP contribution in [0.15, 0.2) is 0 Å². The van der Waals surface area contributed by atoms with E-state index >= 15 is 0 Å². The fraction of sp³-hybridized carbons (Fsp3) is 0.960. The van der Waals surface area contributed by atoms with Gasteiger partial charge in [0.2, 0.25) is 0 Å². The lowest BCUT2D eigenvalue weighted by atomic mass is 10.0. The van der Waals surface area contributed by atoms with Crippen LogP contribution in [0.4, 0.5) is 0 Å². The van der Waals surface area contributed by atoms with Gasteiger partial charge in [-0.05, 0) is 37.4 Å². The Kier molecular flexibility index (Phi) is 16.2. The normalized spacial score (nSPS) is 13.5. The van der Waals surface area contributed by atoms with Crippen molar-refractivity contribution in [1.29, 1.82) is 0 Å². The van der Waals surface area contributed by atoms with Gasteiger partial charge in [-0.2, -0.15) is 0 Å². The number of hydrogen-bond acceptors (Lipinski definition) is 3. The van der Waals surface area contributed by atoms with E-state index in [0.717, 1.165) is 12.8 Å². The summed E-state index contributed by atoms with van der Waals surface area (Å²) >= 11 is 0. The molecule has 1 atom stereocenters. The van der Waals surface area contributed by atoms with Crippen LogP contribution in [0.25, 0.3) is 0 Å². The molecule has 0 fully saturated rings. The van der Waals surface area contributed by atoms with E-state index in [2.05, 4.69) is 40.8 Å². The summed E-state index contributed by atoms with van der Waals surface area (Å²) in [5.41, 5.74) is 0. The van der Waals surface area contributed by atoms with Crippen LogP contribution >= 0.6 is 0 Å². The second-order valence-electron chi connectivity index (χ2n) is 10.3. The topological polar surface area (TPSA) is 35.5 Å². The summed E-state index contributed by atoms with van der Waals surface area (Å²) in [7, 11) is -0.235. The van der Waals surface area contributed by atoms with Crippen molar-refractivity contribution in [3.63, 3.8) is 0 Å². The fourth-order valence-corrected chi connectivity index (χ4v) is 4.88. The first-order chi connectivity index (χ1) is 13.6. The maximum absolute atomic E-state index is 11.2. The van der Waals surface area contributed by atoms with Crippen molar-refractivity contribution in [3.8, 4) is 0 Å². The molecule has 0 heterocycles. The van der Waals surface area contributed by atoms with Crippen LogP contribution in [0, 0.1) is 0 Å². The summed E-state index contributed by atoms with van der Waals surface area (Å²) in [5.74, 6) is -0.0810. The molecule has 4 heteroatoms. The summed E-state index contributed by atoms with van der Waals surface area (Å²) < 4.78 is 11.5. The average molecular weight is 429 g/mol. The number of hydrogen-bond donors (Lipinski definition) is 0. The molecule has 0 N–H and O–H groups in total. The zero-order valence-corrected chi connectivity index (χ0v) is 21.9. The van der Waals surface area contributed by atoms with Crippen molar-refractivity contribution in [1.82, 2.24) is 0 Å². The van der Waals surface area contributed by atoms with Gasteiger partial charge in [0, 0.05) is 12.5 Å². The third-order valence-corrected chi connectivity index (χ3v) is 11.1. The number of methoxy groups -OCH3 is 1. The Balaban J connectivity index is 4.23. The molecule has 0 aromatic carbocycles. The molecule has 0 aromatic heterocycles. The molecule has 0 aliphatic heterocycles. The standard InChI is InChI=1S/C25H52O3Si/c1-8-9-10-11-12-14-17-20-23(28-29(6,7)25(2,3)4)21-18-15-13-16-19-22-24(26)27-5/h23H,8-22H2,1-7H3. The Morgan fingerprint density at radius 3 is 1.69 bits per heavy atom. The third kappa shape index (κ3) is 15.1. The Morgan fingerprint density at radius 1 is 0.793 bits per heavy atom. The second-order valence-corrected chi connectivity index (χ2v) is 15.0. The summed E-state index contributed by atoms with van der Waals surface area (Å²) in [5, 5.41) is 0.277. The quantitative estimate of drug-likeness (QED) is 0.125. The number of carbonyl (C=O) groups is 1. The first-order valence-corrected chi connectivity index (χ1v) is 15.3. The maximum atomic E-state index is 11.2. The van der Waals surface area contributed by atoms with Crippen molar-refractivity contribution < 1.29 is 14.0 Å². The van der Waals surface area contributed by atoms with E-state index < -0.39 is 8.32 Å². The Hall–Kier alpha value is -0.353. The van der Waals surface area contributed by atoms with Gasteiger partial charge in [-0.15, -0.1) is 0 Å². The molecule has 0 radical (unpaired) electrons. The molecule has 0 rings (SSSR count). The molecule has 0 amide bonds. The number of carbonyl (C=O) groups excluding carboxylic acids is 1. The molecule has 0 aliphatic rings. The van der Waals surface area contributed by atoms with Gasteiger partial charge >= 0.3 is 5.97 Å². The van der Waals surface area contributed by atoms with Crippen molar-refractivity contribution in [2.45, 2.75) is 148 Å². The van der Waals surface area contributed by atoms with E-state index in [1.54, 1.807) is 0 Å². The predicted octanol–water partition coefficient (Wildman–Crippen LogP) is 8.42. The summed E-state index contributed by atoms with van der Waals surface area (Å²) in [6.07, 6.45) is 18.7. The molecular weight excluding hydrogens is 376 g/mol. The number of esters is 1. The zero-order valence-electron chi connectivity index (χ0n) is 20.9. The van der Waals surface area contributed by atoms with E-state index in [1.165, 1.54) is 84.2 Å². The van der Waals surface area contributed by atoms with Gasteiger partial charge in [0.15, 0.2) is 8.32 Å². The van der Waals surface area contributed by atoms with E-state index in [1.807, 2.05) is 0 Å². The summed E-state index contributed by atoms with van der Waals surface area (Å²) in [6, 6.07) is 0. The maximum Gasteiger partial charge on any atom is 0.305 e. The van der Waals surface area contributed by atoms with Gasteiger partial charge < -0.3 is 9.16 Å². The minimum Gasteiger partial charge on any atom is -0.469 e. The molecule has 0 spiro atoms. The fourth-order valence-electron chi connectivity index (χ4n) is 3.46. The van der Waals surface area contributed by atoms with Crippen molar-refractivity contribution in [2.24, 2.45) is 0 Å². The van der Waals surface area contributed by atoms with E-state index in [-0.39, 0.29) is 11.0 Å². The van der Waals surface area contributed by atoms with Gasteiger partial charge in [0.25, 0.3) is 0 Å². The lowest BCUT2D eigenvalue weighted by molar-refractivity contribution is -0.140. The van der Waals surface area contributed by atoms with Gasteiger partial charge in [-0.3, -0.25) is 4.79 Å². The summed E-state index contributed by atoms with van der Waals surface area (Å²) in [6.45, 7) is 14.1. The lowest BCUT2D eigenvalue weighted by Gasteiger charge is -2.39. The minimum absolute atomic E-state index is 0.0810. The van der Waals surface area contributed by atoms with E-state index in [0.29, 0.717) is 12.5 Å². The lowest BCUT2D eigenvalue weighted by Crippen LogP contribution is -2.44. The molecule has 174 valence electrons. The molecular formula is C25H52O3Si. The molecule has 0 saturated carbocycles. The van der Waals surface area contributed by atoms with Crippen LogP contribution in [-0.4, -0.2) is 27.5 Å². The molecule has 0 aliphatic carbocycles. The van der Waals surface area contributed by atoms with Gasteiger partial charge in [-0.25, -0.2) is 0 Å². The monoisotopic (exact) mass is 428 g/mol. The Bertz CT molecular complexity index is 401. The molecule has 29 heavy (non-hydrogen) atoms. The van der Waals surface area contributed by atoms with Gasteiger partial charge in [-0.1, -0.05) is 98.3 Å². The zero-order chi connectivity index (χ0) is 22.2. The van der Waals surface area contributed by atoms with E-state index in [9.17, 15) is 4.79 Å². The smallest absolute Gasteiger partial charge is 0.305 e. The van der Waals surface area contributed by atoms with Gasteiger partial charge in [0.05, 0.1) is 7.11 Å². The first kappa shape index (κ1) is 28.6. The highest BCUT2D eigenvalue weighted by atomic mass is 28.4. The van der Waals surface area contributed by atoms with Crippen LogP contribution in [0.5, 0.6) is 0 Å². The molecule has 1 unspecified atom stereocenters. The van der Waals surface area contributed by atoms with Crippen molar-refractivity contribution in [3.05, 3.63) is 0 Å². The SMILES string of the molecule is CCCCCCCCCC(CCCCCCCC(=O)OC)O[Si](C)(C)C(C)(C)C. The van der Waals surface area contributed by atoms with Crippen LogP contribution in [0.2, 0.25) is 18.1 Å². The first-order valence-electron chi connectivity index (χ1n) is 12.4. The summed E-state index contributed by atoms with van der Waals surface area (Å²) in [4.78, 5) is 11.2. The molecule has 0 bridgehead atoms. The molecule has 0 saturated heterocycles.